The van der Waals surface area contributed by atoms with Crippen molar-refractivity contribution in [3.8, 4) is 5.75 Å². The summed E-state index contributed by atoms with van der Waals surface area (Å²) in [6.07, 6.45) is 2.42. The number of carbonyl (C=O) groups is 3. The predicted octanol–water partition coefficient (Wildman–Crippen LogP) is 4.29. The van der Waals surface area contributed by atoms with E-state index in [1.165, 1.54) is 0 Å². The number of aryl methyl sites for hydroxylation is 1. The number of urea groups is 1. The fourth-order valence-corrected chi connectivity index (χ4v) is 6.02. The van der Waals surface area contributed by atoms with Gasteiger partial charge in [-0.05, 0) is 61.1 Å². The molecule has 5 rings (SSSR count). The summed E-state index contributed by atoms with van der Waals surface area (Å²) in [7, 11) is 1.63. The molecule has 2 aliphatic rings. The number of ether oxygens (including phenoxy) is 1. The highest BCUT2D eigenvalue weighted by molar-refractivity contribution is 5.97. The van der Waals surface area contributed by atoms with Crippen LogP contribution >= 0.6 is 0 Å². The molecule has 2 fully saturated rings. The molecule has 2 saturated heterocycles. The molecule has 9 nitrogen and oxygen atoms in total. The van der Waals surface area contributed by atoms with E-state index in [1.807, 2.05) is 78.9 Å². The summed E-state index contributed by atoms with van der Waals surface area (Å²) in [4.78, 5) is 45.7. The Labute approximate surface area is 247 Å². The molecule has 220 valence electrons. The number of nitrogens with one attached hydrogen (secondary N) is 2. The largest absolute Gasteiger partial charge is 0.496 e. The van der Waals surface area contributed by atoms with Gasteiger partial charge in [0.2, 0.25) is 5.91 Å². The first-order chi connectivity index (χ1) is 20.4. The molecule has 1 spiro atoms. The van der Waals surface area contributed by atoms with Gasteiger partial charge in [0.05, 0.1) is 13.8 Å². The lowest BCUT2D eigenvalue weighted by Gasteiger charge is -2.43. The zero-order valence-corrected chi connectivity index (χ0v) is 24.3. The normalized spacial score (nSPS) is 16.0. The average molecular weight is 570 g/mol. The van der Waals surface area contributed by atoms with E-state index in [0.29, 0.717) is 45.6 Å². The van der Waals surface area contributed by atoms with Gasteiger partial charge in [-0.2, -0.15) is 0 Å². The average Bonchev–Trinajstić information content (AvgIpc) is 3.28. The molecule has 0 bridgehead atoms. The Morgan fingerprint density at radius 1 is 0.905 bits per heavy atom. The van der Waals surface area contributed by atoms with Crippen LogP contribution in [-0.2, 0) is 22.4 Å². The Morgan fingerprint density at radius 3 is 2.29 bits per heavy atom. The maximum Gasteiger partial charge on any atom is 0.321 e. The highest BCUT2D eigenvalue weighted by Crippen LogP contribution is 2.39. The van der Waals surface area contributed by atoms with Crippen LogP contribution in [0.15, 0.2) is 78.9 Å². The predicted molar refractivity (Wildman–Crippen MR) is 164 cm³/mol. The number of rotatable bonds is 9. The molecule has 3 aromatic rings. The molecule has 2 N–H and O–H groups in total. The van der Waals surface area contributed by atoms with Gasteiger partial charge in [0.25, 0.3) is 5.91 Å². The van der Waals surface area contributed by atoms with E-state index in [2.05, 4.69) is 22.5 Å². The maximum atomic E-state index is 14.0. The minimum atomic E-state index is -0.808. The molecular formula is C33H39N5O4. The van der Waals surface area contributed by atoms with Gasteiger partial charge >= 0.3 is 6.03 Å². The van der Waals surface area contributed by atoms with Gasteiger partial charge in [-0.25, -0.2) is 4.79 Å². The van der Waals surface area contributed by atoms with Crippen molar-refractivity contribution in [3.05, 3.63) is 90.0 Å². The van der Waals surface area contributed by atoms with Crippen LogP contribution in [0.2, 0.25) is 0 Å². The smallest absolute Gasteiger partial charge is 0.321 e. The quantitative estimate of drug-likeness (QED) is 0.401. The third kappa shape index (κ3) is 6.05. The Kier molecular flexibility index (Phi) is 8.95. The van der Waals surface area contributed by atoms with Crippen molar-refractivity contribution in [2.24, 2.45) is 0 Å². The molecule has 0 aliphatic carbocycles. The fraction of sp³-hybridized carbons (Fsp3) is 0.364. The standard InChI is InChI=1S/C33H39N5O4/c1-3-25-11-7-9-15-28(25)35-32(41)36-21-18-33(19-22-36)31(40)37(24-38(33)27-13-5-4-6-14-27)23-30(39)34-20-17-26-12-8-10-16-29(26)42-2/h4-16H,3,17-24H2,1-2H3,(H,34,39)(H,35,41). The van der Waals surface area contributed by atoms with Crippen LogP contribution in [-0.4, -0.2) is 73.1 Å². The van der Waals surface area contributed by atoms with Crippen LogP contribution < -0.4 is 20.3 Å². The Hall–Kier alpha value is -4.53. The number of hydrogen-bond donors (Lipinski definition) is 2. The van der Waals surface area contributed by atoms with E-state index >= 15 is 0 Å². The van der Waals surface area contributed by atoms with Crippen LogP contribution in [0.3, 0.4) is 0 Å². The Morgan fingerprint density at radius 2 is 1.57 bits per heavy atom. The number of amides is 4. The molecule has 0 saturated carbocycles. The van der Waals surface area contributed by atoms with E-state index < -0.39 is 5.54 Å². The van der Waals surface area contributed by atoms with Crippen molar-refractivity contribution >= 4 is 29.2 Å². The van der Waals surface area contributed by atoms with Crippen LogP contribution in [0.5, 0.6) is 5.75 Å². The van der Waals surface area contributed by atoms with Gasteiger partial charge in [0, 0.05) is 31.0 Å². The highest BCUT2D eigenvalue weighted by Gasteiger charge is 2.54. The molecule has 9 heteroatoms. The number of benzene rings is 3. The summed E-state index contributed by atoms with van der Waals surface area (Å²) >= 11 is 0. The van der Waals surface area contributed by atoms with Crippen LogP contribution in [0.4, 0.5) is 16.2 Å². The molecule has 4 amide bonds. The Bertz CT molecular complexity index is 1400. The van der Waals surface area contributed by atoms with Crippen molar-refractivity contribution < 1.29 is 19.1 Å². The fourth-order valence-electron chi connectivity index (χ4n) is 6.02. The van der Waals surface area contributed by atoms with Crippen molar-refractivity contribution in [2.75, 3.05) is 50.2 Å². The maximum absolute atomic E-state index is 14.0. The van der Waals surface area contributed by atoms with Gasteiger partial charge in [0.1, 0.15) is 17.8 Å². The number of carbonyl (C=O) groups excluding carboxylic acids is 3. The summed E-state index contributed by atoms with van der Waals surface area (Å²) in [6.45, 7) is 3.68. The summed E-state index contributed by atoms with van der Waals surface area (Å²) in [5.41, 5.74) is 3.03. The molecule has 0 radical (unpaired) electrons. The minimum absolute atomic E-state index is 0.0200. The third-order valence-electron chi connectivity index (χ3n) is 8.34. The monoisotopic (exact) mass is 569 g/mol. The lowest BCUT2D eigenvalue weighted by molar-refractivity contribution is -0.137. The number of nitrogens with zero attached hydrogens (tertiary/aromatic N) is 3. The van der Waals surface area contributed by atoms with Gasteiger partial charge in [-0.3, -0.25) is 9.59 Å². The zero-order chi connectivity index (χ0) is 29.5. The van der Waals surface area contributed by atoms with E-state index in [-0.39, 0.29) is 24.4 Å². The van der Waals surface area contributed by atoms with E-state index in [9.17, 15) is 14.4 Å². The van der Waals surface area contributed by atoms with Crippen LogP contribution in [0.1, 0.15) is 30.9 Å². The summed E-state index contributed by atoms with van der Waals surface area (Å²) in [5.74, 6) is 0.522. The topological polar surface area (TPSA) is 94.2 Å². The molecular weight excluding hydrogens is 530 g/mol. The molecule has 42 heavy (non-hydrogen) atoms. The number of likely N-dealkylation sites (tertiary alicyclic amines) is 1. The molecule has 2 aliphatic heterocycles. The second-order valence-corrected chi connectivity index (χ2v) is 10.8. The lowest BCUT2D eigenvalue weighted by Crippen LogP contribution is -2.58. The number of hydrogen-bond acceptors (Lipinski definition) is 5. The highest BCUT2D eigenvalue weighted by atomic mass is 16.5. The van der Waals surface area contributed by atoms with Crippen molar-refractivity contribution in [2.45, 2.75) is 38.1 Å². The number of methoxy groups -OCH3 is 1. The van der Waals surface area contributed by atoms with Crippen molar-refractivity contribution in [1.29, 1.82) is 0 Å². The van der Waals surface area contributed by atoms with Gasteiger partial charge in [0.15, 0.2) is 0 Å². The summed E-state index contributed by atoms with van der Waals surface area (Å²) in [5, 5.41) is 6.02. The SMILES string of the molecule is CCc1ccccc1NC(=O)N1CCC2(CC1)C(=O)N(CC(=O)NCCc1ccccc1OC)CN2c1ccccc1. The van der Waals surface area contributed by atoms with Gasteiger partial charge in [-0.15, -0.1) is 0 Å². The first-order valence-corrected chi connectivity index (χ1v) is 14.6. The molecule has 0 unspecified atom stereocenters. The third-order valence-corrected chi connectivity index (χ3v) is 8.34. The first-order valence-electron chi connectivity index (χ1n) is 14.6. The van der Waals surface area contributed by atoms with Gasteiger partial charge in [-0.1, -0.05) is 61.5 Å². The van der Waals surface area contributed by atoms with Gasteiger partial charge < -0.3 is 30.1 Å². The number of anilines is 2. The summed E-state index contributed by atoms with van der Waals surface area (Å²) < 4.78 is 5.40. The molecule has 0 aromatic heterocycles. The first kappa shape index (κ1) is 29.0. The number of piperidine rings is 1. The summed E-state index contributed by atoms with van der Waals surface area (Å²) in [6, 6.07) is 25.2. The zero-order valence-electron chi connectivity index (χ0n) is 24.3. The van der Waals surface area contributed by atoms with E-state index in [4.69, 9.17) is 4.74 Å². The molecule has 2 heterocycles. The molecule has 3 aromatic carbocycles. The minimum Gasteiger partial charge on any atom is -0.496 e. The van der Waals surface area contributed by atoms with E-state index in [1.54, 1.807) is 16.9 Å². The lowest BCUT2D eigenvalue weighted by atomic mass is 9.85. The second-order valence-electron chi connectivity index (χ2n) is 10.8. The van der Waals surface area contributed by atoms with E-state index in [0.717, 1.165) is 34.7 Å². The van der Waals surface area contributed by atoms with Crippen LogP contribution in [0.25, 0.3) is 0 Å². The second kappa shape index (κ2) is 13.0. The van der Waals surface area contributed by atoms with Crippen molar-refractivity contribution in [1.82, 2.24) is 15.1 Å². The van der Waals surface area contributed by atoms with Crippen molar-refractivity contribution in [3.63, 3.8) is 0 Å². The van der Waals surface area contributed by atoms with Crippen LogP contribution in [0, 0.1) is 0 Å². The molecule has 0 atom stereocenters. The Balaban J connectivity index is 1.24. The number of para-hydroxylation sites is 3.